The second-order valence-electron chi connectivity index (χ2n) is 7.74. The number of rotatable bonds is 12. The molecule has 174 valence electrons. The van der Waals surface area contributed by atoms with Crippen molar-refractivity contribution in [3.63, 3.8) is 0 Å². The van der Waals surface area contributed by atoms with Crippen LogP contribution in [0.2, 0.25) is 0 Å². The van der Waals surface area contributed by atoms with Gasteiger partial charge in [-0.1, -0.05) is 32.1 Å². The van der Waals surface area contributed by atoms with Gasteiger partial charge in [0.25, 0.3) is 0 Å². The van der Waals surface area contributed by atoms with Gasteiger partial charge in [0.1, 0.15) is 12.1 Å². The monoisotopic (exact) mass is 438 g/mol. The number of halogens is 3. The van der Waals surface area contributed by atoms with E-state index in [4.69, 9.17) is 5.73 Å². The summed E-state index contributed by atoms with van der Waals surface area (Å²) in [4.78, 5) is 36.1. The summed E-state index contributed by atoms with van der Waals surface area (Å²) < 4.78 is 37.0. The Morgan fingerprint density at radius 2 is 1.67 bits per heavy atom. The predicted molar refractivity (Wildman–Crippen MR) is 105 cm³/mol. The zero-order valence-corrected chi connectivity index (χ0v) is 17.1. The maximum atomic E-state index is 12.4. The summed E-state index contributed by atoms with van der Waals surface area (Å²) in [5.74, 6) is -1.73. The summed E-state index contributed by atoms with van der Waals surface area (Å²) in [6, 6.07) is -3.00. The molecule has 1 saturated carbocycles. The molecule has 2 atom stereocenters. The van der Waals surface area contributed by atoms with Gasteiger partial charge in [-0.15, -0.1) is 0 Å². The third-order valence-corrected chi connectivity index (χ3v) is 5.17. The predicted octanol–water partition coefficient (Wildman–Crippen LogP) is 2.28. The number of hydrogen-bond acceptors (Lipinski definition) is 4. The highest BCUT2D eigenvalue weighted by molar-refractivity contribution is 5.88. The molecule has 1 fully saturated rings. The lowest BCUT2D eigenvalue weighted by Gasteiger charge is -2.27. The zero-order chi connectivity index (χ0) is 22.6. The lowest BCUT2D eigenvalue weighted by atomic mass is 9.84. The minimum Gasteiger partial charge on any atom is -0.480 e. The normalized spacial score (nSPS) is 17.1. The molecule has 1 aliphatic carbocycles. The minimum atomic E-state index is -4.39. The second-order valence-corrected chi connectivity index (χ2v) is 7.74. The highest BCUT2D eigenvalue weighted by atomic mass is 19.4. The van der Waals surface area contributed by atoms with Crippen molar-refractivity contribution in [2.24, 2.45) is 11.7 Å². The van der Waals surface area contributed by atoms with Gasteiger partial charge in [0.2, 0.25) is 5.91 Å². The second kappa shape index (κ2) is 13.3. The van der Waals surface area contributed by atoms with Crippen LogP contribution in [0, 0.1) is 5.92 Å². The Morgan fingerprint density at radius 3 is 2.23 bits per heavy atom. The Kier molecular flexibility index (Phi) is 11.5. The van der Waals surface area contributed by atoms with Gasteiger partial charge in [-0.2, -0.15) is 13.2 Å². The fraction of sp³-hybridized carbons (Fsp3) is 0.842. The van der Waals surface area contributed by atoms with E-state index in [2.05, 4.69) is 16.0 Å². The van der Waals surface area contributed by atoms with E-state index in [-0.39, 0.29) is 12.3 Å². The average molecular weight is 438 g/mol. The van der Waals surface area contributed by atoms with Crippen molar-refractivity contribution < 1.29 is 32.7 Å². The van der Waals surface area contributed by atoms with Crippen LogP contribution in [-0.2, 0) is 9.59 Å². The molecule has 1 unspecified atom stereocenters. The van der Waals surface area contributed by atoms with Gasteiger partial charge < -0.3 is 26.8 Å². The van der Waals surface area contributed by atoms with Gasteiger partial charge in [-0.25, -0.2) is 9.59 Å². The molecule has 1 rings (SSSR count). The highest BCUT2D eigenvalue weighted by Gasteiger charge is 2.30. The number of aliphatic carboxylic acids is 1. The summed E-state index contributed by atoms with van der Waals surface area (Å²) in [7, 11) is 0. The average Bonchev–Trinajstić information content (AvgIpc) is 2.66. The van der Waals surface area contributed by atoms with Crippen molar-refractivity contribution in [1.82, 2.24) is 16.0 Å². The van der Waals surface area contributed by atoms with E-state index in [9.17, 15) is 32.7 Å². The number of carbonyl (C=O) groups is 3. The molecule has 0 aliphatic heterocycles. The lowest BCUT2D eigenvalue weighted by Crippen LogP contribution is -2.54. The first kappa shape index (κ1) is 26.0. The topological polar surface area (TPSA) is 134 Å². The molecule has 11 heteroatoms. The van der Waals surface area contributed by atoms with Crippen LogP contribution >= 0.6 is 0 Å². The summed E-state index contributed by atoms with van der Waals surface area (Å²) >= 11 is 0. The summed E-state index contributed by atoms with van der Waals surface area (Å²) in [5.41, 5.74) is 5.38. The summed E-state index contributed by atoms with van der Waals surface area (Å²) in [6.07, 6.45) is 0.911. The number of carboxylic acids is 1. The molecule has 0 saturated heterocycles. The Hall–Kier alpha value is -2.04. The van der Waals surface area contributed by atoms with Crippen molar-refractivity contribution in [2.75, 3.05) is 13.1 Å². The van der Waals surface area contributed by atoms with Crippen LogP contribution in [0.5, 0.6) is 0 Å². The lowest BCUT2D eigenvalue weighted by molar-refractivity contribution is -0.139. The van der Waals surface area contributed by atoms with E-state index < -0.39 is 49.1 Å². The number of amides is 3. The molecule has 0 aromatic heterocycles. The summed E-state index contributed by atoms with van der Waals surface area (Å²) in [6.45, 7) is -0.177. The quantitative estimate of drug-likeness (QED) is 0.298. The number of urea groups is 1. The molecule has 30 heavy (non-hydrogen) atoms. The first-order chi connectivity index (χ1) is 14.1. The number of unbranched alkanes of at least 4 members (excludes halogenated alkanes) is 1. The maximum absolute atomic E-state index is 12.4. The van der Waals surface area contributed by atoms with Gasteiger partial charge in [-0.05, 0) is 38.1 Å². The molecule has 0 heterocycles. The Morgan fingerprint density at radius 1 is 1.03 bits per heavy atom. The zero-order valence-electron chi connectivity index (χ0n) is 17.1. The van der Waals surface area contributed by atoms with Crippen molar-refractivity contribution in [1.29, 1.82) is 0 Å². The number of alkyl halides is 3. The van der Waals surface area contributed by atoms with Crippen LogP contribution in [0.4, 0.5) is 18.0 Å². The Labute approximate surface area is 174 Å². The number of hydrogen-bond donors (Lipinski definition) is 5. The number of nitrogens with one attached hydrogen (secondary N) is 3. The van der Waals surface area contributed by atoms with Gasteiger partial charge in [0.05, 0.1) is 6.42 Å². The van der Waals surface area contributed by atoms with E-state index >= 15 is 0 Å². The van der Waals surface area contributed by atoms with E-state index in [0.717, 1.165) is 32.1 Å². The number of carboxylic acid groups (broad SMARTS) is 1. The van der Waals surface area contributed by atoms with Crippen molar-refractivity contribution in [2.45, 2.75) is 82.5 Å². The third-order valence-electron chi connectivity index (χ3n) is 5.17. The molecular weight excluding hydrogens is 405 g/mol. The van der Waals surface area contributed by atoms with E-state index in [0.29, 0.717) is 25.8 Å². The fourth-order valence-corrected chi connectivity index (χ4v) is 3.55. The minimum absolute atomic E-state index is 0.178. The van der Waals surface area contributed by atoms with Gasteiger partial charge >= 0.3 is 18.2 Å². The van der Waals surface area contributed by atoms with Crippen LogP contribution in [0.1, 0.15) is 64.2 Å². The van der Waals surface area contributed by atoms with Crippen LogP contribution in [0.25, 0.3) is 0 Å². The Balaban J connectivity index is 2.68. The molecule has 0 aromatic carbocycles. The number of nitrogens with two attached hydrogens (primary N) is 1. The van der Waals surface area contributed by atoms with Crippen molar-refractivity contribution in [3.8, 4) is 0 Å². The van der Waals surface area contributed by atoms with Crippen LogP contribution < -0.4 is 21.7 Å². The number of carbonyl (C=O) groups excluding carboxylic acids is 2. The van der Waals surface area contributed by atoms with Crippen molar-refractivity contribution >= 4 is 17.9 Å². The van der Waals surface area contributed by atoms with Crippen LogP contribution in [-0.4, -0.2) is 54.4 Å². The molecular formula is C19H33F3N4O4. The molecule has 0 bridgehead atoms. The van der Waals surface area contributed by atoms with Crippen molar-refractivity contribution in [3.05, 3.63) is 0 Å². The van der Waals surface area contributed by atoms with Gasteiger partial charge in [0.15, 0.2) is 0 Å². The first-order valence-corrected chi connectivity index (χ1v) is 10.5. The fourth-order valence-electron chi connectivity index (χ4n) is 3.55. The molecule has 1 aliphatic rings. The molecule has 3 amide bonds. The molecule has 0 aromatic rings. The SMILES string of the molecule is NCCCCC(NC(=O)N[C@H](CC1CCCCC1)C(=O)NCCC(F)(F)F)C(=O)O. The van der Waals surface area contributed by atoms with Crippen LogP contribution in [0.15, 0.2) is 0 Å². The first-order valence-electron chi connectivity index (χ1n) is 10.5. The standard InChI is InChI=1S/C19H33F3N4O4/c20-19(21,22)9-11-24-16(27)15(12-13-6-2-1-3-7-13)26-18(30)25-14(17(28)29)8-4-5-10-23/h13-15H,1-12,23H2,(H,24,27)(H,28,29)(H2,25,26,30)/t14?,15-/m1/s1. The largest absolute Gasteiger partial charge is 0.480 e. The molecule has 0 radical (unpaired) electrons. The Bertz CT molecular complexity index is 554. The summed E-state index contributed by atoms with van der Waals surface area (Å²) in [5, 5.41) is 16.3. The smallest absolute Gasteiger partial charge is 0.390 e. The maximum Gasteiger partial charge on any atom is 0.390 e. The third kappa shape index (κ3) is 11.2. The molecule has 6 N–H and O–H groups in total. The highest BCUT2D eigenvalue weighted by Crippen LogP contribution is 2.27. The molecule has 0 spiro atoms. The van der Waals surface area contributed by atoms with E-state index in [1.54, 1.807) is 0 Å². The van der Waals surface area contributed by atoms with Gasteiger partial charge in [0, 0.05) is 6.54 Å². The van der Waals surface area contributed by atoms with Gasteiger partial charge in [-0.3, -0.25) is 4.79 Å². The van der Waals surface area contributed by atoms with E-state index in [1.165, 1.54) is 0 Å². The van der Waals surface area contributed by atoms with Crippen LogP contribution in [0.3, 0.4) is 0 Å². The molecule has 8 nitrogen and oxygen atoms in total. The van der Waals surface area contributed by atoms with E-state index in [1.807, 2.05) is 0 Å².